The van der Waals surface area contributed by atoms with Gasteiger partial charge in [-0.1, -0.05) is 6.07 Å². The lowest BCUT2D eigenvalue weighted by molar-refractivity contribution is 0.674. The zero-order valence-electron chi connectivity index (χ0n) is 11.8. The summed E-state index contributed by atoms with van der Waals surface area (Å²) in [5, 5.41) is 5.19. The predicted molar refractivity (Wildman–Crippen MR) is 82.0 cm³/mol. The largest absolute Gasteiger partial charge is 0.373 e. The van der Waals surface area contributed by atoms with Crippen LogP contribution >= 0.6 is 11.3 Å². The highest BCUT2D eigenvalue weighted by atomic mass is 32.1. The molecule has 0 aliphatic heterocycles. The van der Waals surface area contributed by atoms with Gasteiger partial charge in [-0.25, -0.2) is 9.97 Å². The van der Waals surface area contributed by atoms with Crippen LogP contribution in [0.4, 0.5) is 11.6 Å². The molecule has 0 atom stereocenters. The van der Waals surface area contributed by atoms with Crippen LogP contribution in [0.2, 0.25) is 0 Å². The van der Waals surface area contributed by atoms with Crippen molar-refractivity contribution in [1.29, 1.82) is 0 Å². The first-order valence-corrected chi connectivity index (χ1v) is 7.30. The highest BCUT2D eigenvalue weighted by Crippen LogP contribution is 2.22. The van der Waals surface area contributed by atoms with Crippen molar-refractivity contribution in [3.63, 3.8) is 0 Å². The summed E-state index contributed by atoms with van der Waals surface area (Å²) < 4.78 is 0. The zero-order valence-corrected chi connectivity index (χ0v) is 12.7. The maximum atomic E-state index is 4.56. The molecule has 2 aromatic rings. The highest BCUT2D eigenvalue weighted by Gasteiger charge is 2.14. The number of aromatic nitrogens is 2. The van der Waals surface area contributed by atoms with E-state index in [2.05, 4.69) is 51.5 Å². The maximum absolute atomic E-state index is 4.56. The summed E-state index contributed by atoms with van der Waals surface area (Å²) >= 11 is 1.78. The Morgan fingerprint density at radius 3 is 2.74 bits per heavy atom. The maximum Gasteiger partial charge on any atom is 0.134 e. The second kappa shape index (κ2) is 6.02. The Hall–Kier alpha value is -1.62. The van der Waals surface area contributed by atoms with Crippen LogP contribution in [0.1, 0.15) is 24.5 Å². The first-order chi connectivity index (χ1) is 9.10. The molecular formula is C14H20N4S. The Balaban J connectivity index is 2.30. The molecule has 0 radical (unpaired) electrons. The first kappa shape index (κ1) is 13.8. The Kier molecular flexibility index (Phi) is 4.37. The summed E-state index contributed by atoms with van der Waals surface area (Å²) in [6, 6.07) is 6.64. The van der Waals surface area contributed by atoms with E-state index in [1.54, 1.807) is 11.3 Å². The van der Waals surface area contributed by atoms with Crippen LogP contribution in [0.3, 0.4) is 0 Å². The fraction of sp³-hybridized carbons (Fsp3) is 0.429. The molecule has 102 valence electrons. The summed E-state index contributed by atoms with van der Waals surface area (Å²) in [6.07, 6.45) is 0. The molecule has 0 unspecified atom stereocenters. The first-order valence-electron chi connectivity index (χ1n) is 6.42. The molecule has 0 aromatic carbocycles. The smallest absolute Gasteiger partial charge is 0.134 e. The molecule has 0 spiro atoms. The third-order valence-corrected chi connectivity index (χ3v) is 3.77. The van der Waals surface area contributed by atoms with Crippen molar-refractivity contribution in [2.24, 2.45) is 0 Å². The normalized spacial score (nSPS) is 10.8. The van der Waals surface area contributed by atoms with Gasteiger partial charge in [-0.3, -0.25) is 0 Å². The van der Waals surface area contributed by atoms with Crippen molar-refractivity contribution in [2.75, 3.05) is 17.3 Å². The van der Waals surface area contributed by atoms with Crippen molar-refractivity contribution >= 4 is 23.0 Å². The van der Waals surface area contributed by atoms with Crippen LogP contribution in [0.25, 0.3) is 0 Å². The average Bonchev–Trinajstić information content (AvgIpc) is 2.87. The lowest BCUT2D eigenvalue weighted by atomic mass is 10.3. The average molecular weight is 276 g/mol. The molecule has 0 aliphatic rings. The van der Waals surface area contributed by atoms with Crippen molar-refractivity contribution in [1.82, 2.24) is 9.97 Å². The number of rotatable bonds is 5. The molecule has 0 saturated heterocycles. The van der Waals surface area contributed by atoms with Crippen molar-refractivity contribution < 1.29 is 0 Å². The molecule has 0 aliphatic carbocycles. The van der Waals surface area contributed by atoms with E-state index in [4.69, 9.17) is 0 Å². The van der Waals surface area contributed by atoms with Gasteiger partial charge in [-0.05, 0) is 32.2 Å². The molecule has 2 aromatic heterocycles. The van der Waals surface area contributed by atoms with Gasteiger partial charge in [0.1, 0.15) is 17.5 Å². The van der Waals surface area contributed by atoms with Crippen LogP contribution in [-0.4, -0.2) is 23.1 Å². The molecule has 19 heavy (non-hydrogen) atoms. The quantitative estimate of drug-likeness (QED) is 0.909. The van der Waals surface area contributed by atoms with Gasteiger partial charge < -0.3 is 10.2 Å². The predicted octanol–water partition coefficient (Wildman–Crippen LogP) is 3.30. The Bertz CT molecular complexity index is 522. The van der Waals surface area contributed by atoms with E-state index in [0.29, 0.717) is 6.04 Å². The number of aryl methyl sites for hydroxylation is 1. The van der Waals surface area contributed by atoms with Gasteiger partial charge in [0.2, 0.25) is 0 Å². The summed E-state index contributed by atoms with van der Waals surface area (Å²) in [6.45, 7) is 7.18. The SMILES string of the molecule is CNc1cc(N(Cc2cccs2)C(C)C)nc(C)n1. The van der Waals surface area contributed by atoms with Gasteiger partial charge in [0, 0.05) is 24.0 Å². The van der Waals surface area contributed by atoms with E-state index in [-0.39, 0.29) is 0 Å². The molecule has 1 N–H and O–H groups in total. The minimum Gasteiger partial charge on any atom is -0.373 e. The van der Waals surface area contributed by atoms with E-state index in [1.165, 1.54) is 4.88 Å². The van der Waals surface area contributed by atoms with Gasteiger partial charge >= 0.3 is 0 Å². The Morgan fingerprint density at radius 2 is 2.16 bits per heavy atom. The van der Waals surface area contributed by atoms with Gasteiger partial charge in [0.15, 0.2) is 0 Å². The number of hydrogen-bond acceptors (Lipinski definition) is 5. The van der Waals surface area contributed by atoms with Crippen LogP contribution in [0.15, 0.2) is 23.6 Å². The summed E-state index contributed by atoms with van der Waals surface area (Å²) in [7, 11) is 1.88. The lowest BCUT2D eigenvalue weighted by Gasteiger charge is -2.27. The highest BCUT2D eigenvalue weighted by molar-refractivity contribution is 7.09. The lowest BCUT2D eigenvalue weighted by Crippen LogP contribution is -2.31. The van der Waals surface area contributed by atoms with E-state index >= 15 is 0 Å². The molecule has 2 heterocycles. The van der Waals surface area contributed by atoms with E-state index in [9.17, 15) is 0 Å². The fourth-order valence-corrected chi connectivity index (χ4v) is 2.63. The van der Waals surface area contributed by atoms with Crippen LogP contribution in [-0.2, 0) is 6.54 Å². The minimum atomic E-state index is 0.390. The van der Waals surface area contributed by atoms with Crippen molar-refractivity contribution in [2.45, 2.75) is 33.4 Å². The molecule has 4 nitrogen and oxygen atoms in total. The molecule has 0 amide bonds. The Labute approximate surface area is 118 Å². The molecule has 0 saturated carbocycles. The fourth-order valence-electron chi connectivity index (χ4n) is 1.93. The Morgan fingerprint density at radius 1 is 1.37 bits per heavy atom. The number of hydrogen-bond donors (Lipinski definition) is 1. The second-order valence-corrected chi connectivity index (χ2v) is 5.74. The third-order valence-electron chi connectivity index (χ3n) is 2.90. The molecule has 5 heteroatoms. The van der Waals surface area contributed by atoms with Crippen molar-refractivity contribution in [3.05, 3.63) is 34.3 Å². The number of thiophene rings is 1. The number of anilines is 2. The zero-order chi connectivity index (χ0) is 13.8. The molecular weight excluding hydrogens is 256 g/mol. The van der Waals surface area contributed by atoms with E-state index in [0.717, 1.165) is 24.0 Å². The number of nitrogens with zero attached hydrogens (tertiary/aromatic N) is 3. The van der Waals surface area contributed by atoms with E-state index < -0.39 is 0 Å². The standard InChI is InChI=1S/C14H20N4S/c1-10(2)18(9-12-6-5-7-19-12)14-8-13(15-4)16-11(3)17-14/h5-8,10H,9H2,1-4H3,(H,15,16,17). The monoisotopic (exact) mass is 276 g/mol. The summed E-state index contributed by atoms with van der Waals surface area (Å²) in [5.74, 6) is 2.62. The van der Waals surface area contributed by atoms with Crippen LogP contribution in [0, 0.1) is 6.92 Å². The number of nitrogens with one attached hydrogen (secondary N) is 1. The molecule has 2 rings (SSSR count). The molecule has 0 fully saturated rings. The van der Waals surface area contributed by atoms with Gasteiger partial charge in [-0.15, -0.1) is 11.3 Å². The van der Waals surface area contributed by atoms with Gasteiger partial charge in [-0.2, -0.15) is 0 Å². The van der Waals surface area contributed by atoms with Gasteiger partial charge in [0.25, 0.3) is 0 Å². The van der Waals surface area contributed by atoms with Crippen molar-refractivity contribution in [3.8, 4) is 0 Å². The van der Waals surface area contributed by atoms with Gasteiger partial charge in [0.05, 0.1) is 6.54 Å². The minimum absolute atomic E-state index is 0.390. The van der Waals surface area contributed by atoms with Crippen LogP contribution < -0.4 is 10.2 Å². The third kappa shape index (κ3) is 3.44. The van der Waals surface area contributed by atoms with Crippen LogP contribution in [0.5, 0.6) is 0 Å². The summed E-state index contributed by atoms with van der Waals surface area (Å²) in [4.78, 5) is 12.5. The topological polar surface area (TPSA) is 41.0 Å². The second-order valence-electron chi connectivity index (χ2n) is 4.71. The van der Waals surface area contributed by atoms with E-state index in [1.807, 2.05) is 20.0 Å². The molecule has 0 bridgehead atoms. The summed E-state index contributed by atoms with van der Waals surface area (Å²) in [5.41, 5.74) is 0.